The van der Waals surface area contributed by atoms with Crippen LogP contribution in [-0.2, 0) is 10.5 Å². The van der Waals surface area contributed by atoms with Gasteiger partial charge in [0, 0.05) is 11.8 Å². The maximum absolute atomic E-state index is 10.4. The molecule has 0 saturated heterocycles. The third-order valence-electron chi connectivity index (χ3n) is 2.09. The van der Waals surface area contributed by atoms with Crippen LogP contribution in [-0.4, -0.2) is 16.8 Å². The van der Waals surface area contributed by atoms with Gasteiger partial charge in [-0.1, -0.05) is 38.1 Å². The van der Waals surface area contributed by atoms with Gasteiger partial charge in [-0.05, 0) is 28.9 Å². The van der Waals surface area contributed by atoms with E-state index in [0.717, 1.165) is 17.1 Å². The fourth-order valence-corrected chi connectivity index (χ4v) is 2.37. The third kappa shape index (κ3) is 6.17. The second kappa shape index (κ2) is 7.17. The molecule has 0 saturated carbocycles. The van der Waals surface area contributed by atoms with Crippen LogP contribution < -0.4 is 0 Å². The average molecular weight is 250 g/mol. The number of hydrogen-bond acceptors (Lipinski definition) is 2. The van der Waals surface area contributed by atoms with Gasteiger partial charge in [0.1, 0.15) is 0 Å². The first-order valence-corrected chi connectivity index (χ1v) is 6.81. The van der Waals surface area contributed by atoms with Crippen LogP contribution in [0.5, 0.6) is 0 Å². The van der Waals surface area contributed by atoms with E-state index in [-0.39, 0.29) is 0 Å². The van der Waals surface area contributed by atoms with Gasteiger partial charge in [0.25, 0.3) is 0 Å². The van der Waals surface area contributed by atoms with Crippen molar-refractivity contribution < 1.29 is 9.90 Å². The monoisotopic (exact) mass is 250 g/mol. The molecule has 2 nitrogen and oxygen atoms in total. The molecule has 0 aromatic heterocycles. The van der Waals surface area contributed by atoms with Crippen molar-refractivity contribution in [2.24, 2.45) is 5.92 Å². The molecule has 92 valence electrons. The third-order valence-corrected chi connectivity index (χ3v) is 3.53. The summed E-state index contributed by atoms with van der Waals surface area (Å²) in [7, 11) is 0. The maximum Gasteiger partial charge on any atom is 0.328 e. The highest BCUT2D eigenvalue weighted by atomic mass is 32.2. The number of hydrogen-bond donors (Lipinski definition) is 1. The molecule has 0 spiro atoms. The molecule has 0 amide bonds. The number of carboxylic acids is 1. The van der Waals surface area contributed by atoms with E-state index in [1.54, 1.807) is 6.08 Å². The molecule has 1 aromatic rings. The standard InChI is InChI=1S/C14H18O2S/c1-11(2)9-17-10-13-5-3-4-12(8-13)6-7-14(15)16/h3-8,11H,9-10H2,1-2H3,(H,15,16). The molecule has 3 heteroatoms. The van der Waals surface area contributed by atoms with E-state index in [4.69, 9.17) is 5.11 Å². The van der Waals surface area contributed by atoms with Gasteiger partial charge in [-0.15, -0.1) is 0 Å². The number of thioether (sulfide) groups is 1. The van der Waals surface area contributed by atoms with Gasteiger partial charge in [0.15, 0.2) is 0 Å². The Morgan fingerprint density at radius 1 is 1.47 bits per heavy atom. The minimum Gasteiger partial charge on any atom is -0.478 e. The second-order valence-corrected chi connectivity index (χ2v) is 5.36. The Bertz CT molecular complexity index is 397. The number of benzene rings is 1. The summed E-state index contributed by atoms with van der Waals surface area (Å²) in [5.74, 6) is 1.92. The normalized spacial score (nSPS) is 11.2. The van der Waals surface area contributed by atoms with Crippen molar-refractivity contribution in [1.29, 1.82) is 0 Å². The lowest BCUT2D eigenvalue weighted by Gasteiger charge is -2.05. The average Bonchev–Trinajstić information content (AvgIpc) is 2.26. The van der Waals surface area contributed by atoms with E-state index >= 15 is 0 Å². The van der Waals surface area contributed by atoms with Gasteiger partial charge in [-0.3, -0.25) is 0 Å². The zero-order valence-electron chi connectivity index (χ0n) is 10.2. The summed E-state index contributed by atoms with van der Waals surface area (Å²) >= 11 is 1.91. The molecule has 0 fully saturated rings. The number of aliphatic carboxylic acids is 1. The van der Waals surface area contributed by atoms with E-state index in [1.165, 1.54) is 11.6 Å². The van der Waals surface area contributed by atoms with Gasteiger partial charge >= 0.3 is 5.97 Å². The molecule has 1 rings (SSSR count). The number of carboxylic acid groups (broad SMARTS) is 1. The smallest absolute Gasteiger partial charge is 0.328 e. The topological polar surface area (TPSA) is 37.3 Å². The molecule has 0 aliphatic heterocycles. The first kappa shape index (κ1) is 13.8. The SMILES string of the molecule is CC(C)CSCc1cccc(C=CC(=O)O)c1. The lowest BCUT2D eigenvalue weighted by atomic mass is 10.1. The molecule has 0 radical (unpaired) electrons. The summed E-state index contributed by atoms with van der Waals surface area (Å²) in [6.45, 7) is 4.41. The van der Waals surface area contributed by atoms with Crippen LogP contribution in [0.1, 0.15) is 25.0 Å². The molecule has 0 bridgehead atoms. The van der Waals surface area contributed by atoms with E-state index in [1.807, 2.05) is 30.0 Å². The first-order chi connectivity index (χ1) is 8.08. The van der Waals surface area contributed by atoms with E-state index in [9.17, 15) is 4.79 Å². The summed E-state index contributed by atoms with van der Waals surface area (Å²) < 4.78 is 0. The zero-order valence-corrected chi connectivity index (χ0v) is 11.0. The van der Waals surface area contributed by atoms with Crippen LogP contribution in [0.15, 0.2) is 30.3 Å². The van der Waals surface area contributed by atoms with E-state index in [2.05, 4.69) is 19.9 Å². The first-order valence-electron chi connectivity index (χ1n) is 5.65. The Balaban J connectivity index is 2.56. The molecule has 1 N–H and O–H groups in total. The Labute approximate surface area is 107 Å². The van der Waals surface area contributed by atoms with Crippen LogP contribution in [0.2, 0.25) is 0 Å². The molecule has 0 heterocycles. The molecule has 1 aromatic carbocycles. The summed E-state index contributed by atoms with van der Waals surface area (Å²) in [5.41, 5.74) is 2.18. The highest BCUT2D eigenvalue weighted by Crippen LogP contribution is 2.16. The predicted molar refractivity (Wildman–Crippen MR) is 74.1 cm³/mol. The van der Waals surface area contributed by atoms with E-state index in [0.29, 0.717) is 5.92 Å². The Morgan fingerprint density at radius 3 is 2.88 bits per heavy atom. The quantitative estimate of drug-likeness (QED) is 0.783. The van der Waals surface area contributed by atoms with Crippen molar-refractivity contribution in [2.75, 3.05) is 5.75 Å². The van der Waals surface area contributed by atoms with Crippen LogP contribution in [0.25, 0.3) is 6.08 Å². The molecular formula is C14H18O2S. The highest BCUT2D eigenvalue weighted by molar-refractivity contribution is 7.98. The fourth-order valence-electron chi connectivity index (χ4n) is 1.37. The van der Waals surface area contributed by atoms with Crippen molar-refractivity contribution in [1.82, 2.24) is 0 Å². The number of carbonyl (C=O) groups is 1. The predicted octanol–water partition coefficient (Wildman–Crippen LogP) is 3.67. The minimum atomic E-state index is -0.912. The Morgan fingerprint density at radius 2 is 2.24 bits per heavy atom. The van der Waals surface area contributed by atoms with Gasteiger partial charge < -0.3 is 5.11 Å². The second-order valence-electron chi connectivity index (χ2n) is 4.33. The molecule has 0 aliphatic carbocycles. The summed E-state index contributed by atoms with van der Waals surface area (Å²) in [5, 5.41) is 8.56. The lowest BCUT2D eigenvalue weighted by molar-refractivity contribution is -0.131. The molecule has 0 unspecified atom stereocenters. The largest absolute Gasteiger partial charge is 0.478 e. The van der Waals surface area contributed by atoms with Crippen LogP contribution >= 0.6 is 11.8 Å². The molecule has 0 atom stereocenters. The fraction of sp³-hybridized carbons (Fsp3) is 0.357. The van der Waals surface area contributed by atoms with Gasteiger partial charge in [-0.25, -0.2) is 4.79 Å². The maximum atomic E-state index is 10.4. The minimum absolute atomic E-state index is 0.704. The number of rotatable bonds is 6. The zero-order chi connectivity index (χ0) is 12.7. The summed E-state index contributed by atoms with van der Waals surface area (Å²) in [6.07, 6.45) is 2.79. The Hall–Kier alpha value is -1.22. The molecular weight excluding hydrogens is 232 g/mol. The van der Waals surface area contributed by atoms with Crippen molar-refractivity contribution >= 4 is 23.8 Å². The van der Waals surface area contributed by atoms with Crippen LogP contribution in [0.4, 0.5) is 0 Å². The summed E-state index contributed by atoms with van der Waals surface area (Å²) in [4.78, 5) is 10.4. The van der Waals surface area contributed by atoms with Crippen molar-refractivity contribution in [3.8, 4) is 0 Å². The van der Waals surface area contributed by atoms with Gasteiger partial charge in [0.2, 0.25) is 0 Å². The Kier molecular flexibility index (Phi) is 5.84. The molecule has 17 heavy (non-hydrogen) atoms. The van der Waals surface area contributed by atoms with E-state index < -0.39 is 5.97 Å². The van der Waals surface area contributed by atoms with Gasteiger partial charge in [-0.2, -0.15) is 11.8 Å². The van der Waals surface area contributed by atoms with Gasteiger partial charge in [0.05, 0.1) is 0 Å². The van der Waals surface area contributed by atoms with Crippen LogP contribution in [0, 0.1) is 5.92 Å². The lowest BCUT2D eigenvalue weighted by Crippen LogP contribution is -1.92. The van der Waals surface area contributed by atoms with Crippen molar-refractivity contribution in [3.05, 3.63) is 41.5 Å². The highest BCUT2D eigenvalue weighted by Gasteiger charge is 1.97. The van der Waals surface area contributed by atoms with Crippen molar-refractivity contribution in [2.45, 2.75) is 19.6 Å². The summed E-state index contributed by atoms with van der Waals surface area (Å²) in [6, 6.07) is 7.99. The van der Waals surface area contributed by atoms with Crippen LogP contribution in [0.3, 0.4) is 0 Å². The molecule has 0 aliphatic rings. The van der Waals surface area contributed by atoms with Crippen molar-refractivity contribution in [3.63, 3.8) is 0 Å².